The fourth-order valence-electron chi connectivity index (χ4n) is 2.71. The number of phenolic OH excluding ortho intramolecular Hbond substituents is 1. The fourth-order valence-corrected chi connectivity index (χ4v) is 2.71. The zero-order valence-corrected chi connectivity index (χ0v) is 14.7. The number of carbonyl (C=O) groups is 2. The van der Waals surface area contributed by atoms with E-state index in [0.29, 0.717) is 22.1 Å². The lowest BCUT2D eigenvalue weighted by molar-refractivity contribution is 0.0600. The van der Waals surface area contributed by atoms with Crippen LogP contribution < -0.4 is 5.63 Å². The summed E-state index contributed by atoms with van der Waals surface area (Å²) in [7, 11) is 1.30. The largest absolute Gasteiger partial charge is 0.507 e. The number of carbonyl (C=O) groups excluding carboxylic acids is 2. The van der Waals surface area contributed by atoms with Crippen molar-refractivity contribution in [1.82, 2.24) is 0 Å². The average molecular weight is 364 g/mol. The van der Waals surface area contributed by atoms with Gasteiger partial charge in [0.1, 0.15) is 11.3 Å². The van der Waals surface area contributed by atoms with Crippen molar-refractivity contribution >= 4 is 28.8 Å². The van der Waals surface area contributed by atoms with Crippen LogP contribution >= 0.6 is 0 Å². The van der Waals surface area contributed by atoms with Gasteiger partial charge < -0.3 is 14.3 Å². The van der Waals surface area contributed by atoms with Crippen LogP contribution in [0.4, 0.5) is 0 Å². The molecular formula is C21H16O6. The lowest BCUT2D eigenvalue weighted by atomic mass is 10.0. The zero-order valence-electron chi connectivity index (χ0n) is 14.7. The molecule has 0 bridgehead atoms. The molecule has 1 N–H and O–H groups in total. The van der Waals surface area contributed by atoms with E-state index in [4.69, 9.17) is 4.42 Å². The van der Waals surface area contributed by atoms with E-state index in [0.717, 1.165) is 0 Å². The van der Waals surface area contributed by atoms with Crippen LogP contribution in [0.15, 0.2) is 57.8 Å². The maximum atomic E-state index is 12.6. The third-order valence-corrected chi connectivity index (χ3v) is 4.10. The number of aryl methyl sites for hydroxylation is 1. The van der Waals surface area contributed by atoms with E-state index in [1.807, 2.05) is 0 Å². The molecule has 0 saturated heterocycles. The number of ether oxygens (including phenoxy) is 1. The molecule has 0 aliphatic rings. The summed E-state index contributed by atoms with van der Waals surface area (Å²) in [5, 5.41) is 10.7. The number of aromatic hydroxyl groups is 1. The highest BCUT2D eigenvalue weighted by molar-refractivity contribution is 6.15. The standard InChI is InChI=1S/C21H16O6/c1-12-11-18(24)27-20-15(12)8-10-17(23)19(20)16(22)9-5-13-3-6-14(7-4-13)21(25)26-2/h3-11,23H,1-2H3/b9-5+. The topological polar surface area (TPSA) is 93.8 Å². The Balaban J connectivity index is 1.97. The van der Waals surface area contributed by atoms with Crippen molar-refractivity contribution in [1.29, 1.82) is 0 Å². The minimum atomic E-state index is -0.595. The molecule has 0 amide bonds. The Labute approximate surface area is 154 Å². The SMILES string of the molecule is COC(=O)c1ccc(/C=C/C(=O)c2c(O)ccc3c(C)cc(=O)oc23)cc1. The highest BCUT2D eigenvalue weighted by atomic mass is 16.5. The second-order valence-electron chi connectivity index (χ2n) is 5.90. The Morgan fingerprint density at radius 2 is 1.81 bits per heavy atom. The minimum absolute atomic E-state index is 0.0516. The number of esters is 1. The quantitative estimate of drug-likeness (QED) is 0.330. The maximum Gasteiger partial charge on any atom is 0.337 e. The molecule has 0 aliphatic carbocycles. The van der Waals surface area contributed by atoms with E-state index in [-0.39, 0.29) is 16.9 Å². The van der Waals surface area contributed by atoms with Crippen molar-refractivity contribution < 1.29 is 23.8 Å². The van der Waals surface area contributed by atoms with Gasteiger partial charge in [-0.3, -0.25) is 4.79 Å². The third kappa shape index (κ3) is 3.64. The van der Waals surface area contributed by atoms with Gasteiger partial charge in [-0.05, 0) is 48.4 Å². The van der Waals surface area contributed by atoms with Crippen LogP contribution in [0.1, 0.15) is 31.8 Å². The molecule has 1 heterocycles. The molecule has 0 fully saturated rings. The molecule has 3 aromatic rings. The summed E-state index contributed by atoms with van der Waals surface area (Å²) >= 11 is 0. The van der Waals surface area contributed by atoms with Crippen LogP contribution in [0.25, 0.3) is 17.0 Å². The van der Waals surface area contributed by atoms with Crippen molar-refractivity contribution in [2.75, 3.05) is 7.11 Å². The number of allylic oxidation sites excluding steroid dienone is 1. The number of hydrogen-bond acceptors (Lipinski definition) is 6. The summed E-state index contributed by atoms with van der Waals surface area (Å²) in [6.07, 6.45) is 2.81. The van der Waals surface area contributed by atoms with E-state index < -0.39 is 17.4 Å². The molecule has 0 unspecified atom stereocenters. The van der Waals surface area contributed by atoms with Crippen LogP contribution in [-0.2, 0) is 4.74 Å². The van der Waals surface area contributed by atoms with E-state index >= 15 is 0 Å². The first-order valence-electron chi connectivity index (χ1n) is 8.08. The van der Waals surface area contributed by atoms with Crippen molar-refractivity contribution in [3.8, 4) is 5.75 Å². The predicted molar refractivity (Wildman–Crippen MR) is 100 cm³/mol. The molecule has 136 valence electrons. The molecule has 0 radical (unpaired) electrons. The second kappa shape index (κ2) is 7.29. The first kappa shape index (κ1) is 18.1. The third-order valence-electron chi connectivity index (χ3n) is 4.10. The summed E-state index contributed by atoms with van der Waals surface area (Å²) in [6.45, 7) is 1.73. The normalized spacial score (nSPS) is 11.0. The molecule has 2 aromatic carbocycles. The lowest BCUT2D eigenvalue weighted by Gasteiger charge is -2.06. The van der Waals surface area contributed by atoms with Gasteiger partial charge in [0.2, 0.25) is 0 Å². The average Bonchev–Trinajstić information content (AvgIpc) is 2.65. The molecule has 3 rings (SSSR count). The van der Waals surface area contributed by atoms with Gasteiger partial charge in [-0.1, -0.05) is 18.2 Å². The van der Waals surface area contributed by atoms with Gasteiger partial charge in [-0.15, -0.1) is 0 Å². The van der Waals surface area contributed by atoms with Crippen LogP contribution in [0.2, 0.25) is 0 Å². The summed E-state index contributed by atoms with van der Waals surface area (Å²) in [4.78, 5) is 35.7. The highest BCUT2D eigenvalue weighted by Gasteiger charge is 2.17. The number of ketones is 1. The number of hydrogen-bond donors (Lipinski definition) is 1. The van der Waals surface area contributed by atoms with Gasteiger partial charge in [0.15, 0.2) is 11.4 Å². The maximum absolute atomic E-state index is 12.6. The zero-order chi connectivity index (χ0) is 19.6. The van der Waals surface area contributed by atoms with Crippen molar-refractivity contribution in [2.24, 2.45) is 0 Å². The van der Waals surface area contributed by atoms with Gasteiger partial charge in [0.05, 0.1) is 12.7 Å². The number of rotatable bonds is 4. The number of benzene rings is 2. The Bertz CT molecular complexity index is 1120. The summed E-state index contributed by atoms with van der Waals surface area (Å²) in [5.74, 6) is -1.23. The molecule has 0 spiro atoms. The monoisotopic (exact) mass is 364 g/mol. The van der Waals surface area contributed by atoms with Gasteiger partial charge >= 0.3 is 11.6 Å². The van der Waals surface area contributed by atoms with E-state index in [9.17, 15) is 19.5 Å². The van der Waals surface area contributed by atoms with Gasteiger partial charge in [-0.25, -0.2) is 9.59 Å². The van der Waals surface area contributed by atoms with Crippen molar-refractivity contribution in [2.45, 2.75) is 6.92 Å². The van der Waals surface area contributed by atoms with Gasteiger partial charge in [-0.2, -0.15) is 0 Å². The summed E-state index contributed by atoms with van der Waals surface area (Å²) in [5.41, 5.74) is 1.10. The van der Waals surface area contributed by atoms with Crippen LogP contribution in [0.3, 0.4) is 0 Å². The van der Waals surface area contributed by atoms with Crippen molar-refractivity contribution in [3.63, 3.8) is 0 Å². The first-order chi connectivity index (χ1) is 12.9. The summed E-state index contributed by atoms with van der Waals surface area (Å²) < 4.78 is 9.79. The highest BCUT2D eigenvalue weighted by Crippen LogP contribution is 2.29. The Kier molecular flexibility index (Phi) is 4.90. The molecule has 0 atom stereocenters. The molecular weight excluding hydrogens is 348 g/mol. The molecule has 6 nitrogen and oxygen atoms in total. The minimum Gasteiger partial charge on any atom is -0.507 e. The number of fused-ring (bicyclic) bond motifs is 1. The van der Waals surface area contributed by atoms with Gasteiger partial charge in [0.25, 0.3) is 0 Å². The van der Waals surface area contributed by atoms with E-state index in [1.165, 1.54) is 31.4 Å². The molecule has 27 heavy (non-hydrogen) atoms. The molecule has 1 aromatic heterocycles. The first-order valence-corrected chi connectivity index (χ1v) is 8.08. The Morgan fingerprint density at radius 1 is 1.11 bits per heavy atom. The van der Waals surface area contributed by atoms with Crippen LogP contribution in [0, 0.1) is 6.92 Å². The number of phenols is 1. The Morgan fingerprint density at radius 3 is 2.48 bits per heavy atom. The number of methoxy groups -OCH3 is 1. The van der Waals surface area contributed by atoms with Crippen molar-refractivity contribution in [3.05, 3.63) is 81.2 Å². The van der Waals surface area contributed by atoms with E-state index in [2.05, 4.69) is 4.74 Å². The van der Waals surface area contributed by atoms with Crippen LogP contribution in [-0.4, -0.2) is 24.0 Å². The Hall–Kier alpha value is -3.67. The lowest BCUT2D eigenvalue weighted by Crippen LogP contribution is -2.03. The van der Waals surface area contributed by atoms with E-state index in [1.54, 1.807) is 37.3 Å². The van der Waals surface area contributed by atoms with Gasteiger partial charge in [0, 0.05) is 11.5 Å². The molecule has 6 heteroatoms. The second-order valence-corrected chi connectivity index (χ2v) is 5.90. The smallest absolute Gasteiger partial charge is 0.337 e. The van der Waals surface area contributed by atoms with Crippen LogP contribution in [0.5, 0.6) is 5.75 Å². The fraction of sp³-hybridized carbons (Fsp3) is 0.0952. The summed E-state index contributed by atoms with van der Waals surface area (Å²) in [6, 6.07) is 10.8. The molecule has 0 aliphatic heterocycles. The predicted octanol–water partition coefficient (Wildman–Crippen LogP) is 3.49. The molecule has 0 saturated carbocycles.